The molecule has 0 spiro atoms. The number of nitrogens with zero attached hydrogens (tertiary/aromatic N) is 2. The normalized spacial score (nSPS) is 22.6. The van der Waals surface area contributed by atoms with Crippen LogP contribution < -0.4 is 5.32 Å². The molecule has 1 saturated heterocycles. The van der Waals surface area contributed by atoms with Crippen LogP contribution >= 0.6 is 0 Å². The molecule has 1 aromatic rings. The van der Waals surface area contributed by atoms with Gasteiger partial charge in [0.15, 0.2) is 0 Å². The Kier molecular flexibility index (Phi) is 2.59. The van der Waals surface area contributed by atoms with E-state index in [2.05, 4.69) is 35.9 Å². The summed E-state index contributed by atoms with van der Waals surface area (Å²) in [5, 5.41) is 8.04. The van der Waals surface area contributed by atoms with Crippen molar-refractivity contribution in [2.75, 3.05) is 13.1 Å². The number of aryl methyl sites for hydroxylation is 1. The van der Waals surface area contributed by atoms with Crippen molar-refractivity contribution in [1.29, 1.82) is 0 Å². The van der Waals surface area contributed by atoms with Crippen LogP contribution in [0, 0.1) is 20.8 Å². The summed E-state index contributed by atoms with van der Waals surface area (Å²) < 4.78 is 2.21. The first-order valence-electron chi connectivity index (χ1n) is 5.43. The number of hydrogen-bond donors (Lipinski definition) is 1. The highest BCUT2D eigenvalue weighted by atomic mass is 15.3. The molecule has 1 aliphatic rings. The number of piperidine rings is 1. The highest BCUT2D eigenvalue weighted by Crippen LogP contribution is 2.21. The first-order valence-corrected chi connectivity index (χ1v) is 5.43. The summed E-state index contributed by atoms with van der Waals surface area (Å²) >= 11 is 0. The molecule has 1 aliphatic heterocycles. The molecule has 0 aliphatic carbocycles. The van der Waals surface area contributed by atoms with Crippen LogP contribution in [0.4, 0.5) is 0 Å². The first-order chi connectivity index (χ1) is 6.70. The van der Waals surface area contributed by atoms with Crippen molar-refractivity contribution in [3.63, 3.8) is 0 Å². The van der Waals surface area contributed by atoms with E-state index >= 15 is 0 Å². The number of hydrogen-bond acceptors (Lipinski definition) is 2. The van der Waals surface area contributed by atoms with Crippen molar-refractivity contribution in [3.05, 3.63) is 17.0 Å². The van der Waals surface area contributed by atoms with Gasteiger partial charge in [0.2, 0.25) is 0 Å². The van der Waals surface area contributed by atoms with Crippen molar-refractivity contribution in [2.45, 2.75) is 39.7 Å². The molecule has 0 saturated carbocycles. The third kappa shape index (κ3) is 1.57. The second-order valence-corrected chi connectivity index (χ2v) is 4.24. The Morgan fingerprint density at radius 3 is 2.64 bits per heavy atom. The third-order valence-corrected chi connectivity index (χ3v) is 3.30. The van der Waals surface area contributed by atoms with Gasteiger partial charge in [0.05, 0.1) is 11.7 Å². The molecule has 1 aromatic heterocycles. The lowest BCUT2D eigenvalue weighted by Crippen LogP contribution is -2.32. The average Bonchev–Trinajstić information content (AvgIpc) is 2.47. The lowest BCUT2D eigenvalue weighted by Gasteiger charge is -2.24. The fourth-order valence-electron chi connectivity index (χ4n) is 2.14. The van der Waals surface area contributed by atoms with Gasteiger partial charge in [0, 0.05) is 12.2 Å². The largest absolute Gasteiger partial charge is 0.315 e. The van der Waals surface area contributed by atoms with Crippen molar-refractivity contribution < 1.29 is 0 Å². The van der Waals surface area contributed by atoms with E-state index in [1.165, 1.54) is 29.8 Å². The van der Waals surface area contributed by atoms with Crippen molar-refractivity contribution >= 4 is 0 Å². The molecule has 1 N–H and O–H groups in total. The molecule has 14 heavy (non-hydrogen) atoms. The zero-order chi connectivity index (χ0) is 10.1. The smallest absolute Gasteiger partial charge is 0.0647 e. The van der Waals surface area contributed by atoms with E-state index in [1.54, 1.807) is 0 Å². The third-order valence-electron chi connectivity index (χ3n) is 3.30. The van der Waals surface area contributed by atoms with Crippen LogP contribution in [0.2, 0.25) is 0 Å². The topological polar surface area (TPSA) is 29.9 Å². The van der Waals surface area contributed by atoms with Gasteiger partial charge < -0.3 is 5.32 Å². The van der Waals surface area contributed by atoms with Crippen LogP contribution in [0.5, 0.6) is 0 Å². The maximum Gasteiger partial charge on any atom is 0.0647 e. The van der Waals surface area contributed by atoms with Gasteiger partial charge in [-0.3, -0.25) is 4.68 Å². The molecule has 1 atom stereocenters. The molecule has 2 heterocycles. The van der Waals surface area contributed by atoms with Crippen LogP contribution in [-0.2, 0) is 0 Å². The molecule has 2 rings (SSSR count). The Hall–Kier alpha value is -0.830. The van der Waals surface area contributed by atoms with Gasteiger partial charge in [0.25, 0.3) is 0 Å². The Balaban J connectivity index is 2.26. The van der Waals surface area contributed by atoms with Crippen LogP contribution in [-0.4, -0.2) is 22.9 Å². The van der Waals surface area contributed by atoms with Crippen LogP contribution in [0.1, 0.15) is 35.8 Å². The highest BCUT2D eigenvalue weighted by molar-refractivity contribution is 5.22. The molecular weight excluding hydrogens is 174 g/mol. The molecule has 0 radical (unpaired) electrons. The van der Waals surface area contributed by atoms with Gasteiger partial charge in [-0.05, 0) is 45.7 Å². The van der Waals surface area contributed by atoms with E-state index in [-0.39, 0.29) is 0 Å². The summed E-state index contributed by atoms with van der Waals surface area (Å²) in [6, 6.07) is 0.566. The van der Waals surface area contributed by atoms with Gasteiger partial charge in [-0.25, -0.2) is 0 Å². The SMILES string of the molecule is Cc1nn([C@H]2CCCNC2)c(C)c1C. The summed E-state index contributed by atoms with van der Waals surface area (Å²) in [6.07, 6.45) is 2.52. The molecular formula is C11H19N3. The fraction of sp³-hybridized carbons (Fsp3) is 0.727. The standard InChI is InChI=1S/C11H19N3/c1-8-9(2)13-14(10(8)3)11-5-4-6-12-7-11/h11-12H,4-7H2,1-3H3/t11-/m0/s1. The molecule has 0 bridgehead atoms. The predicted octanol–water partition coefficient (Wildman–Crippen LogP) is 1.73. The second-order valence-electron chi connectivity index (χ2n) is 4.24. The molecule has 0 unspecified atom stereocenters. The van der Waals surface area contributed by atoms with Gasteiger partial charge in [0.1, 0.15) is 0 Å². The summed E-state index contributed by atoms with van der Waals surface area (Å²) in [4.78, 5) is 0. The van der Waals surface area contributed by atoms with E-state index in [0.717, 1.165) is 13.1 Å². The number of aromatic nitrogens is 2. The van der Waals surface area contributed by atoms with Crippen LogP contribution in [0.3, 0.4) is 0 Å². The lowest BCUT2D eigenvalue weighted by atomic mass is 10.1. The first kappa shape index (κ1) is 9.71. The highest BCUT2D eigenvalue weighted by Gasteiger charge is 2.18. The number of rotatable bonds is 1. The minimum absolute atomic E-state index is 0.566. The van der Waals surface area contributed by atoms with Gasteiger partial charge in [-0.2, -0.15) is 5.10 Å². The number of nitrogens with one attached hydrogen (secondary N) is 1. The Morgan fingerprint density at radius 1 is 1.36 bits per heavy atom. The summed E-state index contributed by atoms with van der Waals surface area (Å²) in [7, 11) is 0. The maximum absolute atomic E-state index is 4.61. The fourth-order valence-corrected chi connectivity index (χ4v) is 2.14. The minimum atomic E-state index is 0.566. The molecule has 0 aromatic carbocycles. The maximum atomic E-state index is 4.61. The van der Waals surface area contributed by atoms with E-state index in [9.17, 15) is 0 Å². The summed E-state index contributed by atoms with van der Waals surface area (Å²) in [5.41, 5.74) is 3.85. The van der Waals surface area contributed by atoms with Crippen molar-refractivity contribution in [2.24, 2.45) is 0 Å². The molecule has 3 nitrogen and oxygen atoms in total. The van der Waals surface area contributed by atoms with Gasteiger partial charge >= 0.3 is 0 Å². The average molecular weight is 193 g/mol. The van der Waals surface area contributed by atoms with E-state index < -0.39 is 0 Å². The van der Waals surface area contributed by atoms with Crippen molar-refractivity contribution in [3.8, 4) is 0 Å². The van der Waals surface area contributed by atoms with Crippen molar-refractivity contribution in [1.82, 2.24) is 15.1 Å². The summed E-state index contributed by atoms with van der Waals surface area (Å²) in [5.74, 6) is 0. The van der Waals surface area contributed by atoms with Gasteiger partial charge in [-0.15, -0.1) is 0 Å². The van der Waals surface area contributed by atoms with Crippen LogP contribution in [0.15, 0.2) is 0 Å². The molecule has 0 amide bonds. The van der Waals surface area contributed by atoms with E-state index in [1.807, 2.05) is 0 Å². The zero-order valence-electron chi connectivity index (χ0n) is 9.30. The Labute approximate surface area is 85.5 Å². The molecule has 1 fully saturated rings. The molecule has 3 heteroatoms. The monoisotopic (exact) mass is 193 g/mol. The molecule has 78 valence electrons. The summed E-state index contributed by atoms with van der Waals surface area (Å²) in [6.45, 7) is 8.65. The second kappa shape index (κ2) is 3.73. The minimum Gasteiger partial charge on any atom is -0.315 e. The Morgan fingerprint density at radius 2 is 2.14 bits per heavy atom. The predicted molar refractivity (Wildman–Crippen MR) is 57.6 cm³/mol. The van der Waals surface area contributed by atoms with Gasteiger partial charge in [-0.1, -0.05) is 0 Å². The Bertz CT molecular complexity index is 322. The zero-order valence-corrected chi connectivity index (χ0v) is 9.30. The van der Waals surface area contributed by atoms with E-state index in [0.29, 0.717) is 6.04 Å². The van der Waals surface area contributed by atoms with Crippen LogP contribution in [0.25, 0.3) is 0 Å². The lowest BCUT2D eigenvalue weighted by molar-refractivity contribution is 0.341. The van der Waals surface area contributed by atoms with E-state index in [4.69, 9.17) is 0 Å². The quantitative estimate of drug-likeness (QED) is 0.736.